The lowest BCUT2D eigenvalue weighted by Crippen LogP contribution is -2.29. The first kappa shape index (κ1) is 33.5. The lowest BCUT2D eigenvalue weighted by atomic mass is 10.0. The van der Waals surface area contributed by atoms with E-state index in [1.54, 1.807) is 24.3 Å². The highest BCUT2D eigenvalue weighted by Crippen LogP contribution is 2.31. The van der Waals surface area contributed by atoms with Crippen molar-refractivity contribution in [3.05, 3.63) is 117 Å². The van der Waals surface area contributed by atoms with Crippen LogP contribution in [0.5, 0.6) is 0 Å². The zero-order valence-electron chi connectivity index (χ0n) is 25.2. The Morgan fingerprint density at radius 2 is 1.63 bits per heavy atom. The molecule has 1 atom stereocenters. The van der Waals surface area contributed by atoms with Gasteiger partial charge in [0.25, 0.3) is 0 Å². The number of benzene rings is 4. The van der Waals surface area contributed by atoms with Gasteiger partial charge in [-0.25, -0.2) is 13.8 Å². The van der Waals surface area contributed by atoms with Crippen molar-refractivity contribution < 1.29 is 23.8 Å². The standard InChI is InChI=1S/C35H34Cl2F2N4O3/c1-22(46)17-32(40-20-27-28(36)3-2-4-29(27)37)25-8-12-34-33(19-25)41-35(43(34)21-23-5-11-30(38)31(39)18-23)24-6-9-26(10-7-24)42(13-15-44)14-16-45/h2-12,18-19,32,40,44-45H,13-17,20-21H2,1H3. The fourth-order valence-corrected chi connectivity index (χ4v) is 6.05. The third-order valence-electron chi connectivity index (χ3n) is 7.81. The molecule has 5 rings (SSSR count). The van der Waals surface area contributed by atoms with Crippen molar-refractivity contribution in [2.75, 3.05) is 31.2 Å². The van der Waals surface area contributed by atoms with Gasteiger partial charge in [-0.2, -0.15) is 0 Å². The Kier molecular flexibility index (Phi) is 11.0. The minimum atomic E-state index is -0.931. The summed E-state index contributed by atoms with van der Waals surface area (Å²) in [6.45, 7) is 2.74. The molecule has 3 N–H and O–H groups in total. The number of hydrogen-bond acceptors (Lipinski definition) is 6. The third-order valence-corrected chi connectivity index (χ3v) is 8.52. The second kappa shape index (κ2) is 15.2. The van der Waals surface area contributed by atoms with Crippen LogP contribution in [0.1, 0.15) is 36.1 Å². The van der Waals surface area contributed by atoms with Gasteiger partial charge in [0.1, 0.15) is 11.6 Å². The van der Waals surface area contributed by atoms with E-state index in [-0.39, 0.29) is 38.0 Å². The summed E-state index contributed by atoms with van der Waals surface area (Å²) >= 11 is 12.8. The molecule has 0 radical (unpaired) electrons. The van der Waals surface area contributed by atoms with Crippen LogP contribution in [0.2, 0.25) is 10.0 Å². The SMILES string of the molecule is CC(=O)CC(NCc1c(Cl)cccc1Cl)c1ccc2c(c1)nc(-c1ccc(N(CCO)CCO)cc1)n2Cc1ccc(F)c(F)c1. The average Bonchev–Trinajstić information content (AvgIpc) is 3.39. The first-order valence-corrected chi connectivity index (χ1v) is 15.6. The number of fused-ring (bicyclic) bond motifs is 1. The van der Waals surface area contributed by atoms with E-state index < -0.39 is 11.6 Å². The quantitative estimate of drug-likeness (QED) is 0.119. The Hall–Kier alpha value is -3.86. The second-order valence-electron chi connectivity index (χ2n) is 11.0. The molecule has 1 heterocycles. The summed E-state index contributed by atoms with van der Waals surface area (Å²) in [6, 6.07) is 22.1. The van der Waals surface area contributed by atoms with Gasteiger partial charge in [0.05, 0.1) is 24.2 Å². The highest BCUT2D eigenvalue weighted by molar-refractivity contribution is 6.35. The molecule has 0 bridgehead atoms. The third kappa shape index (κ3) is 7.74. The molecule has 0 fully saturated rings. The van der Waals surface area contributed by atoms with E-state index in [0.717, 1.165) is 34.0 Å². The fourth-order valence-electron chi connectivity index (χ4n) is 5.52. The van der Waals surface area contributed by atoms with Crippen LogP contribution >= 0.6 is 23.2 Å². The van der Waals surface area contributed by atoms with Crippen molar-refractivity contribution in [1.82, 2.24) is 14.9 Å². The molecule has 46 heavy (non-hydrogen) atoms. The number of anilines is 1. The number of Topliss-reactive ketones (excluding diaryl/α,β-unsaturated/α-hetero) is 1. The van der Waals surface area contributed by atoms with Crippen LogP contribution in [-0.2, 0) is 17.9 Å². The van der Waals surface area contributed by atoms with Gasteiger partial charge < -0.3 is 25.0 Å². The van der Waals surface area contributed by atoms with E-state index in [2.05, 4.69) is 5.32 Å². The number of ketones is 1. The van der Waals surface area contributed by atoms with Gasteiger partial charge in [0.2, 0.25) is 0 Å². The Labute approximate surface area is 276 Å². The molecule has 240 valence electrons. The number of carbonyl (C=O) groups excluding carboxylic acids is 1. The van der Waals surface area contributed by atoms with Gasteiger partial charge in [-0.05, 0) is 78.7 Å². The molecule has 0 spiro atoms. The van der Waals surface area contributed by atoms with E-state index in [1.807, 2.05) is 51.9 Å². The van der Waals surface area contributed by atoms with Gasteiger partial charge >= 0.3 is 0 Å². The first-order chi connectivity index (χ1) is 22.2. The number of halogens is 4. The second-order valence-corrected chi connectivity index (χ2v) is 11.9. The number of aromatic nitrogens is 2. The van der Waals surface area contributed by atoms with Crippen molar-refractivity contribution in [3.63, 3.8) is 0 Å². The van der Waals surface area contributed by atoms with Gasteiger partial charge in [0.15, 0.2) is 11.6 Å². The van der Waals surface area contributed by atoms with E-state index in [4.69, 9.17) is 28.2 Å². The van der Waals surface area contributed by atoms with Crippen LogP contribution < -0.4 is 10.2 Å². The molecule has 7 nitrogen and oxygen atoms in total. The van der Waals surface area contributed by atoms with Gasteiger partial charge in [-0.3, -0.25) is 4.79 Å². The highest BCUT2D eigenvalue weighted by Gasteiger charge is 2.20. The predicted molar refractivity (Wildman–Crippen MR) is 178 cm³/mol. The van der Waals surface area contributed by atoms with Crippen molar-refractivity contribution in [3.8, 4) is 11.4 Å². The molecule has 1 unspecified atom stereocenters. The van der Waals surface area contributed by atoms with Crippen molar-refractivity contribution >= 4 is 45.7 Å². The molecule has 5 aromatic rings. The van der Waals surface area contributed by atoms with Crippen LogP contribution in [0.4, 0.5) is 14.5 Å². The van der Waals surface area contributed by atoms with Gasteiger partial charge in [0, 0.05) is 65.5 Å². The maximum Gasteiger partial charge on any atom is 0.159 e. The minimum absolute atomic E-state index is 0.00365. The van der Waals surface area contributed by atoms with Crippen LogP contribution in [0.3, 0.4) is 0 Å². The van der Waals surface area contributed by atoms with E-state index in [9.17, 15) is 23.8 Å². The van der Waals surface area contributed by atoms with Gasteiger partial charge in [-0.15, -0.1) is 0 Å². The lowest BCUT2D eigenvalue weighted by Gasteiger charge is -2.23. The predicted octanol–water partition coefficient (Wildman–Crippen LogP) is 6.94. The highest BCUT2D eigenvalue weighted by atomic mass is 35.5. The largest absolute Gasteiger partial charge is 0.395 e. The monoisotopic (exact) mass is 666 g/mol. The number of carbonyl (C=O) groups is 1. The molecule has 11 heteroatoms. The minimum Gasteiger partial charge on any atom is -0.395 e. The molecular formula is C35H34Cl2F2N4O3. The molecule has 0 aliphatic rings. The van der Waals surface area contributed by atoms with E-state index in [1.165, 1.54) is 13.0 Å². The van der Waals surface area contributed by atoms with Crippen molar-refractivity contribution in [2.24, 2.45) is 0 Å². The number of aliphatic hydroxyl groups excluding tert-OH is 2. The summed E-state index contributed by atoms with van der Waals surface area (Å²) < 4.78 is 29.9. The fraction of sp³-hybridized carbons (Fsp3) is 0.257. The normalized spacial score (nSPS) is 12.1. The summed E-state index contributed by atoms with van der Waals surface area (Å²) in [6.07, 6.45) is 0.232. The smallest absolute Gasteiger partial charge is 0.159 e. The molecule has 0 aliphatic carbocycles. The van der Waals surface area contributed by atoms with E-state index in [0.29, 0.717) is 46.6 Å². The maximum atomic E-state index is 14.2. The molecule has 0 amide bonds. The average molecular weight is 668 g/mol. The number of rotatable bonds is 14. The molecule has 1 aromatic heterocycles. The summed E-state index contributed by atoms with van der Waals surface area (Å²) in [4.78, 5) is 19.1. The summed E-state index contributed by atoms with van der Waals surface area (Å²) in [5.41, 5.74) is 5.17. The number of hydrogen-bond donors (Lipinski definition) is 3. The van der Waals surface area contributed by atoms with Crippen molar-refractivity contribution in [1.29, 1.82) is 0 Å². The van der Waals surface area contributed by atoms with Crippen LogP contribution in [-0.4, -0.2) is 51.9 Å². The Morgan fingerprint density at radius 1 is 0.935 bits per heavy atom. The molecule has 4 aromatic carbocycles. The summed E-state index contributed by atoms with van der Waals surface area (Å²) in [5, 5.41) is 23.4. The van der Waals surface area contributed by atoms with Gasteiger partial charge in [-0.1, -0.05) is 41.4 Å². The first-order valence-electron chi connectivity index (χ1n) is 14.9. The number of imidazole rings is 1. The van der Waals surface area contributed by atoms with Crippen LogP contribution in [0.25, 0.3) is 22.4 Å². The Bertz CT molecular complexity index is 1810. The van der Waals surface area contributed by atoms with Crippen molar-refractivity contribution in [2.45, 2.75) is 32.5 Å². The zero-order chi connectivity index (χ0) is 32.8. The summed E-state index contributed by atoms with van der Waals surface area (Å²) in [7, 11) is 0. The number of aliphatic hydroxyl groups is 2. The Morgan fingerprint density at radius 3 is 2.26 bits per heavy atom. The molecule has 0 aliphatic heterocycles. The van der Waals surface area contributed by atoms with E-state index >= 15 is 0 Å². The summed E-state index contributed by atoms with van der Waals surface area (Å²) in [5.74, 6) is -1.24. The zero-order valence-corrected chi connectivity index (χ0v) is 26.7. The molecule has 0 saturated heterocycles. The lowest BCUT2D eigenvalue weighted by molar-refractivity contribution is -0.117. The maximum absolute atomic E-state index is 14.2. The molecule has 0 saturated carbocycles. The number of nitrogens with one attached hydrogen (secondary N) is 1. The molecular weight excluding hydrogens is 633 g/mol. The van der Waals surface area contributed by atoms with Crippen LogP contribution in [0, 0.1) is 11.6 Å². The van der Waals surface area contributed by atoms with Crippen LogP contribution in [0.15, 0.2) is 78.9 Å². The topological polar surface area (TPSA) is 90.6 Å². The Balaban J connectivity index is 1.55. The number of nitrogens with zero attached hydrogens (tertiary/aromatic N) is 3.